The Kier molecular flexibility index (Phi) is 8.24. The van der Waals surface area contributed by atoms with Gasteiger partial charge in [-0.3, -0.25) is 4.79 Å². The molecule has 198 valence electrons. The molecule has 2 aliphatic rings. The number of carbonyl (C=O) groups is 1. The molecule has 0 bridgehead atoms. The molecule has 3 unspecified atom stereocenters. The van der Waals surface area contributed by atoms with Crippen molar-refractivity contribution in [2.45, 2.75) is 58.6 Å². The molecule has 7 nitrogen and oxygen atoms in total. The number of rotatable bonds is 8. The zero-order valence-electron chi connectivity index (χ0n) is 21.0. The minimum Gasteiger partial charge on any atom is -0.491 e. The molecule has 1 saturated heterocycles. The van der Waals surface area contributed by atoms with E-state index in [1.165, 1.54) is 4.88 Å². The lowest BCUT2D eigenvalue weighted by atomic mass is 9.72. The molecule has 2 heterocycles. The van der Waals surface area contributed by atoms with Crippen LogP contribution in [0.25, 0.3) is 0 Å². The van der Waals surface area contributed by atoms with Crippen LogP contribution in [0.1, 0.15) is 54.4 Å². The Morgan fingerprint density at radius 3 is 2.61 bits per heavy atom. The number of fused-ring (bicyclic) bond motifs is 1. The third kappa shape index (κ3) is 6.73. The van der Waals surface area contributed by atoms with Crippen molar-refractivity contribution in [3.63, 3.8) is 0 Å². The first-order valence-electron chi connectivity index (χ1n) is 12.4. The lowest BCUT2D eigenvalue weighted by molar-refractivity contribution is 0.0940. The Hall–Kier alpha value is -1.81. The quantitative estimate of drug-likeness (QED) is 0.449. The Balaban J connectivity index is 1.47. The molecule has 1 aliphatic heterocycles. The van der Waals surface area contributed by atoms with Crippen LogP contribution in [-0.2, 0) is 22.7 Å². The summed E-state index contributed by atoms with van der Waals surface area (Å²) in [5.74, 6) is 0.993. The van der Waals surface area contributed by atoms with E-state index >= 15 is 0 Å². The normalized spacial score (nSPS) is 22.0. The smallest absolute Gasteiger partial charge is 0.254 e. The lowest BCUT2D eigenvalue weighted by Gasteiger charge is -2.33. The monoisotopic (exact) mass is 554 g/mol. The minimum atomic E-state index is -3.10. The first-order chi connectivity index (χ1) is 16.9. The highest BCUT2D eigenvalue weighted by molar-refractivity contribution is 7.91. The molecule has 0 saturated carbocycles. The van der Waals surface area contributed by atoms with Crippen LogP contribution in [0.4, 0.5) is 5.00 Å². The van der Waals surface area contributed by atoms with Crippen molar-refractivity contribution in [3.05, 3.63) is 45.3 Å². The molecule has 1 aliphatic carbocycles. The second-order valence-corrected chi connectivity index (χ2v) is 14.7. The van der Waals surface area contributed by atoms with Crippen LogP contribution < -0.4 is 15.4 Å². The van der Waals surface area contributed by atoms with Gasteiger partial charge < -0.3 is 20.5 Å². The van der Waals surface area contributed by atoms with Crippen LogP contribution in [0.3, 0.4) is 0 Å². The van der Waals surface area contributed by atoms with Gasteiger partial charge in [0.25, 0.3) is 5.91 Å². The predicted molar refractivity (Wildman–Crippen MR) is 145 cm³/mol. The van der Waals surface area contributed by atoms with Crippen molar-refractivity contribution in [1.29, 1.82) is 0 Å². The van der Waals surface area contributed by atoms with E-state index in [-0.39, 0.29) is 42.0 Å². The third-order valence-electron chi connectivity index (χ3n) is 7.04. The van der Waals surface area contributed by atoms with Gasteiger partial charge in [-0.05, 0) is 66.8 Å². The van der Waals surface area contributed by atoms with E-state index in [1.54, 1.807) is 35.6 Å². The molecule has 3 N–H and O–H groups in total. The van der Waals surface area contributed by atoms with Crippen LogP contribution in [0, 0.1) is 11.3 Å². The van der Waals surface area contributed by atoms with Crippen molar-refractivity contribution in [3.8, 4) is 5.75 Å². The number of aliphatic hydroxyl groups excluding tert-OH is 1. The highest BCUT2D eigenvalue weighted by atomic mass is 35.5. The summed E-state index contributed by atoms with van der Waals surface area (Å²) in [6.07, 6.45) is 2.37. The molecule has 1 aromatic carbocycles. The standard InChI is InChI=1S/C26H35ClN2O5S2/c1-26(2,3)16-4-9-21-22(12-16)35-25(23(21)24(31)29-18-10-11-36(32,33)15-18)28-13-19(30)14-34-20-7-5-17(27)6-8-20/h5-8,16,18-19,28,30H,4,9-15H2,1-3H3,(H,29,31). The first-order valence-corrected chi connectivity index (χ1v) is 15.4. The summed E-state index contributed by atoms with van der Waals surface area (Å²) < 4.78 is 29.4. The van der Waals surface area contributed by atoms with Crippen molar-refractivity contribution < 1.29 is 23.1 Å². The first kappa shape index (κ1) is 27.2. The molecule has 1 aromatic heterocycles. The molecule has 4 rings (SSSR count). The fourth-order valence-electron chi connectivity index (χ4n) is 4.85. The number of halogens is 1. The highest BCUT2D eigenvalue weighted by Crippen LogP contribution is 2.44. The molecule has 10 heteroatoms. The van der Waals surface area contributed by atoms with Gasteiger partial charge in [0, 0.05) is 22.5 Å². The number of aliphatic hydroxyl groups is 1. The summed E-state index contributed by atoms with van der Waals surface area (Å²) in [5.41, 5.74) is 1.82. The van der Waals surface area contributed by atoms with E-state index in [4.69, 9.17) is 16.3 Å². The molecule has 36 heavy (non-hydrogen) atoms. The Labute approximate surface area is 222 Å². The number of benzene rings is 1. The van der Waals surface area contributed by atoms with Gasteiger partial charge in [0.05, 0.1) is 17.1 Å². The van der Waals surface area contributed by atoms with E-state index in [0.29, 0.717) is 28.7 Å². The number of thiophene rings is 1. The second kappa shape index (κ2) is 10.9. The summed E-state index contributed by atoms with van der Waals surface area (Å²) in [4.78, 5) is 14.6. The maximum absolute atomic E-state index is 13.4. The maximum Gasteiger partial charge on any atom is 0.254 e. The Bertz CT molecular complexity index is 1190. The fourth-order valence-corrected chi connectivity index (χ4v) is 7.98. The Morgan fingerprint density at radius 1 is 1.25 bits per heavy atom. The number of anilines is 1. The number of hydrogen-bond donors (Lipinski definition) is 3. The van der Waals surface area contributed by atoms with E-state index < -0.39 is 15.9 Å². The van der Waals surface area contributed by atoms with Crippen LogP contribution in [0.15, 0.2) is 24.3 Å². The molecule has 3 atom stereocenters. The summed E-state index contributed by atoms with van der Waals surface area (Å²) in [6.45, 7) is 7.06. The van der Waals surface area contributed by atoms with Crippen LogP contribution >= 0.6 is 22.9 Å². The molecule has 1 amide bonds. The summed E-state index contributed by atoms with van der Waals surface area (Å²) in [7, 11) is -3.10. The topological polar surface area (TPSA) is 105 Å². The van der Waals surface area contributed by atoms with Gasteiger partial charge in [-0.1, -0.05) is 32.4 Å². The van der Waals surface area contributed by atoms with Crippen LogP contribution in [-0.4, -0.2) is 56.2 Å². The average molecular weight is 555 g/mol. The highest BCUT2D eigenvalue weighted by Gasteiger charge is 2.35. The zero-order valence-corrected chi connectivity index (χ0v) is 23.4. The van der Waals surface area contributed by atoms with Crippen molar-refractivity contribution >= 4 is 43.7 Å². The second-order valence-electron chi connectivity index (χ2n) is 10.9. The summed E-state index contributed by atoms with van der Waals surface area (Å²) in [6, 6.07) is 6.57. The number of ether oxygens (including phenoxy) is 1. The SMILES string of the molecule is CC(C)(C)C1CCc2c(sc(NCC(O)COc3ccc(Cl)cc3)c2C(=O)NC2CCS(=O)(=O)C2)C1. The van der Waals surface area contributed by atoms with Crippen molar-refractivity contribution in [1.82, 2.24) is 5.32 Å². The molecule has 2 aromatic rings. The van der Waals surface area contributed by atoms with Gasteiger partial charge in [-0.15, -0.1) is 11.3 Å². The fraction of sp³-hybridized carbons (Fsp3) is 0.577. The van der Waals surface area contributed by atoms with E-state index in [9.17, 15) is 18.3 Å². The van der Waals surface area contributed by atoms with E-state index in [0.717, 1.165) is 29.8 Å². The number of nitrogens with one attached hydrogen (secondary N) is 2. The molecule has 1 fully saturated rings. The summed E-state index contributed by atoms with van der Waals surface area (Å²) in [5, 5.41) is 18.1. The number of hydrogen-bond acceptors (Lipinski definition) is 7. The third-order valence-corrected chi connectivity index (χ3v) is 10.3. The number of sulfone groups is 1. The van der Waals surface area contributed by atoms with Crippen molar-refractivity contribution in [2.75, 3.05) is 30.0 Å². The van der Waals surface area contributed by atoms with Crippen LogP contribution in [0.2, 0.25) is 5.02 Å². The molecular weight excluding hydrogens is 520 g/mol. The van der Waals surface area contributed by atoms with Gasteiger partial charge in [-0.2, -0.15) is 0 Å². The molecular formula is C26H35ClN2O5S2. The number of amides is 1. The van der Waals surface area contributed by atoms with Gasteiger partial charge in [-0.25, -0.2) is 8.42 Å². The zero-order chi connectivity index (χ0) is 26.1. The maximum atomic E-state index is 13.4. The van der Waals surface area contributed by atoms with Gasteiger partial charge in [0.15, 0.2) is 9.84 Å². The van der Waals surface area contributed by atoms with E-state index in [2.05, 4.69) is 31.4 Å². The van der Waals surface area contributed by atoms with E-state index in [1.807, 2.05) is 0 Å². The largest absolute Gasteiger partial charge is 0.491 e. The predicted octanol–water partition coefficient (Wildman–Crippen LogP) is 4.32. The van der Waals surface area contributed by atoms with Crippen LogP contribution in [0.5, 0.6) is 5.75 Å². The van der Waals surface area contributed by atoms with Crippen molar-refractivity contribution in [2.24, 2.45) is 11.3 Å². The molecule has 0 radical (unpaired) electrons. The average Bonchev–Trinajstić information content (AvgIpc) is 3.34. The lowest BCUT2D eigenvalue weighted by Crippen LogP contribution is -2.36. The van der Waals surface area contributed by atoms with Gasteiger partial charge >= 0.3 is 0 Å². The minimum absolute atomic E-state index is 0.0132. The number of carbonyl (C=O) groups excluding carboxylic acids is 1. The summed E-state index contributed by atoms with van der Waals surface area (Å²) >= 11 is 7.47. The van der Waals surface area contributed by atoms with Gasteiger partial charge in [0.2, 0.25) is 0 Å². The van der Waals surface area contributed by atoms with Gasteiger partial charge in [0.1, 0.15) is 23.5 Å². The molecule has 0 spiro atoms. The Morgan fingerprint density at radius 2 is 1.97 bits per heavy atom.